The normalized spacial score (nSPS) is 15.0. The fraction of sp³-hybridized carbons (Fsp3) is 0.409. The summed E-state index contributed by atoms with van der Waals surface area (Å²) in [4.78, 5) is 14.9. The molecule has 0 aliphatic carbocycles. The molecule has 0 aliphatic rings. The smallest absolute Gasteiger partial charge is 0.338 e. The Kier molecular flexibility index (Phi) is 5.87. The van der Waals surface area contributed by atoms with Crippen molar-refractivity contribution in [2.45, 2.75) is 18.9 Å². The molecule has 0 heterocycles. The number of carbonyl (C=O) groups is 1. The fourth-order valence-electron chi connectivity index (χ4n) is 3.21. The molecule has 6 nitrogen and oxygen atoms in total. The van der Waals surface area contributed by atoms with E-state index in [2.05, 4.69) is 0 Å². The molecule has 0 radical (unpaired) electrons. The van der Waals surface area contributed by atoms with Crippen LogP contribution in [-0.2, 0) is 10.3 Å². The molecule has 28 heavy (non-hydrogen) atoms. The summed E-state index contributed by atoms with van der Waals surface area (Å²) in [6.45, 7) is 2.16. The highest BCUT2D eigenvalue weighted by Crippen LogP contribution is 2.38. The van der Waals surface area contributed by atoms with Crippen LogP contribution in [0.25, 0.3) is 0 Å². The molecule has 0 spiro atoms. The molecule has 0 bridgehead atoms. The van der Waals surface area contributed by atoms with Crippen molar-refractivity contribution < 1.29 is 27.9 Å². The third kappa shape index (κ3) is 4.22. The van der Waals surface area contributed by atoms with Crippen molar-refractivity contribution in [2.24, 2.45) is 0 Å². The monoisotopic (exact) mass is 390 g/mol. The van der Waals surface area contributed by atoms with Gasteiger partial charge in [-0.3, -0.25) is 4.90 Å². The first-order valence-electron chi connectivity index (χ1n) is 10.4. The van der Waals surface area contributed by atoms with Gasteiger partial charge in [-0.25, -0.2) is 4.79 Å². The van der Waals surface area contributed by atoms with Crippen molar-refractivity contribution in [1.82, 2.24) is 4.90 Å². The molecule has 152 valence electrons. The minimum absolute atomic E-state index is 0.0554. The maximum atomic E-state index is 12.9. The second-order valence-electron chi connectivity index (χ2n) is 6.53. The van der Waals surface area contributed by atoms with Crippen LogP contribution >= 0.6 is 0 Å². The summed E-state index contributed by atoms with van der Waals surface area (Å²) >= 11 is 0. The van der Waals surface area contributed by atoms with Crippen LogP contribution in [0.15, 0.2) is 42.5 Å². The number of hydrogen-bond donors (Lipinski definition) is 0. The van der Waals surface area contributed by atoms with Crippen molar-refractivity contribution >= 4 is 5.97 Å². The number of methoxy groups -OCH3 is 3. The molecule has 0 saturated heterocycles. The summed E-state index contributed by atoms with van der Waals surface area (Å²) in [5, 5.41) is 0. The van der Waals surface area contributed by atoms with Crippen molar-refractivity contribution in [3.05, 3.63) is 53.6 Å². The predicted molar refractivity (Wildman–Crippen MR) is 108 cm³/mol. The summed E-state index contributed by atoms with van der Waals surface area (Å²) in [5.74, 6) is -0.589. The van der Waals surface area contributed by atoms with E-state index in [1.165, 1.54) is 26.4 Å². The average Bonchev–Trinajstić information content (AvgIpc) is 2.73. The van der Waals surface area contributed by atoms with Gasteiger partial charge in [-0.15, -0.1) is 0 Å². The van der Waals surface area contributed by atoms with Gasteiger partial charge in [0.2, 0.25) is 5.75 Å². The Hall–Kier alpha value is -2.73. The largest absolute Gasteiger partial charge is 0.493 e. The number of carbonyl (C=O) groups excluding carboxylic acids is 1. The van der Waals surface area contributed by atoms with Gasteiger partial charge in [-0.1, -0.05) is 37.3 Å². The Bertz CT molecular complexity index is 861. The molecule has 1 unspecified atom stereocenters. The number of ether oxygens (including phenoxy) is 4. The summed E-state index contributed by atoms with van der Waals surface area (Å²) < 4.78 is 43.1. The van der Waals surface area contributed by atoms with E-state index in [0.29, 0.717) is 0 Å². The lowest BCUT2D eigenvalue weighted by Gasteiger charge is -2.39. The van der Waals surface area contributed by atoms with Crippen LogP contribution < -0.4 is 14.2 Å². The molecule has 0 N–H and O–H groups in total. The molecule has 2 aromatic rings. The van der Waals surface area contributed by atoms with Gasteiger partial charge in [-0.2, -0.15) is 0 Å². The zero-order valence-electron chi connectivity index (χ0n) is 19.9. The summed E-state index contributed by atoms with van der Waals surface area (Å²) in [7, 11) is 3.87. The minimum atomic E-state index is -2.70. The lowest BCUT2D eigenvalue weighted by atomic mass is 9.87. The minimum Gasteiger partial charge on any atom is -0.493 e. The maximum absolute atomic E-state index is 12.9. The van der Waals surface area contributed by atoms with Gasteiger partial charge in [0.05, 0.1) is 36.5 Å². The summed E-state index contributed by atoms with van der Waals surface area (Å²) in [6.07, 6.45) is 0.718. The first kappa shape index (κ1) is 17.4. The highest BCUT2D eigenvalue weighted by molar-refractivity contribution is 5.91. The maximum Gasteiger partial charge on any atom is 0.338 e. The predicted octanol–water partition coefficient (Wildman–Crippen LogP) is 3.74. The lowest BCUT2D eigenvalue weighted by molar-refractivity contribution is 0.0119. The quantitative estimate of drug-likeness (QED) is 0.608. The first-order valence-corrected chi connectivity index (χ1v) is 8.93. The molecule has 0 saturated carbocycles. The fourth-order valence-corrected chi connectivity index (χ4v) is 3.21. The van der Waals surface area contributed by atoms with E-state index in [4.69, 9.17) is 23.1 Å². The molecule has 0 aromatic heterocycles. The van der Waals surface area contributed by atoms with Crippen molar-refractivity contribution in [1.29, 1.82) is 0 Å². The number of likely N-dealkylation sites (N-methyl/N-ethyl adjacent to an activating group) is 1. The van der Waals surface area contributed by atoms with Gasteiger partial charge in [-0.05, 0) is 38.2 Å². The van der Waals surface area contributed by atoms with Gasteiger partial charge in [0.15, 0.2) is 11.5 Å². The van der Waals surface area contributed by atoms with Gasteiger partial charge < -0.3 is 18.9 Å². The van der Waals surface area contributed by atoms with E-state index in [1.54, 1.807) is 0 Å². The second-order valence-corrected chi connectivity index (χ2v) is 6.53. The number of hydrogen-bond acceptors (Lipinski definition) is 6. The Morgan fingerprint density at radius 3 is 2.14 bits per heavy atom. The van der Waals surface area contributed by atoms with E-state index in [-0.39, 0.29) is 29.4 Å². The molecule has 2 aromatic carbocycles. The van der Waals surface area contributed by atoms with Gasteiger partial charge >= 0.3 is 5.97 Å². The highest BCUT2D eigenvalue weighted by Gasteiger charge is 2.34. The van der Waals surface area contributed by atoms with Gasteiger partial charge in [0.25, 0.3) is 0 Å². The van der Waals surface area contributed by atoms with Gasteiger partial charge in [0.1, 0.15) is 6.61 Å². The van der Waals surface area contributed by atoms with Crippen molar-refractivity contribution in [2.75, 3.05) is 42.0 Å². The third-order valence-corrected chi connectivity index (χ3v) is 4.99. The van der Waals surface area contributed by atoms with Gasteiger partial charge in [0, 0.05) is 0 Å². The zero-order valence-corrected chi connectivity index (χ0v) is 16.9. The molecule has 1 atom stereocenters. The Balaban J connectivity index is 2.34. The van der Waals surface area contributed by atoms with E-state index >= 15 is 0 Å². The van der Waals surface area contributed by atoms with E-state index < -0.39 is 18.5 Å². The molecule has 0 aliphatic heterocycles. The molecular formula is C22H29NO5. The van der Waals surface area contributed by atoms with Crippen LogP contribution in [0.2, 0.25) is 0 Å². The van der Waals surface area contributed by atoms with Crippen LogP contribution in [0.5, 0.6) is 17.2 Å². The average molecular weight is 390 g/mol. The topological polar surface area (TPSA) is 57.2 Å². The molecular weight excluding hydrogens is 358 g/mol. The zero-order chi connectivity index (χ0) is 23.2. The van der Waals surface area contributed by atoms with Crippen molar-refractivity contribution in [3.63, 3.8) is 0 Å². The summed E-state index contributed by atoms with van der Waals surface area (Å²) in [5.41, 5.74) is 0.686. The molecule has 0 fully saturated rings. The number of esters is 1. The molecule has 2 rings (SSSR count). The Morgan fingerprint density at radius 2 is 1.68 bits per heavy atom. The summed E-state index contributed by atoms with van der Waals surface area (Å²) in [6, 6.07) is 12.6. The van der Waals surface area contributed by atoms with Crippen LogP contribution in [0.4, 0.5) is 0 Å². The van der Waals surface area contributed by atoms with Crippen LogP contribution in [0, 0.1) is 0 Å². The Morgan fingerprint density at radius 1 is 1.07 bits per heavy atom. The number of nitrogens with zero attached hydrogens (tertiary/aromatic N) is 1. The van der Waals surface area contributed by atoms with Crippen LogP contribution in [0.1, 0.15) is 33.4 Å². The van der Waals surface area contributed by atoms with Crippen LogP contribution in [0.3, 0.4) is 0 Å². The SMILES string of the molecule is [2H]C([2H])([2H])Oc1c(OC)cc(C(=O)OCC(CC)(c2ccccc2)N(C)C)cc1OC. The molecule has 0 amide bonds. The highest BCUT2D eigenvalue weighted by atomic mass is 16.5. The van der Waals surface area contributed by atoms with E-state index in [0.717, 1.165) is 12.0 Å². The first-order chi connectivity index (χ1) is 14.6. The number of benzene rings is 2. The van der Waals surface area contributed by atoms with E-state index in [9.17, 15) is 4.79 Å². The molecule has 6 heteroatoms. The number of rotatable bonds is 9. The second kappa shape index (κ2) is 9.46. The van der Waals surface area contributed by atoms with Crippen molar-refractivity contribution in [3.8, 4) is 17.2 Å². The lowest BCUT2D eigenvalue weighted by Crippen LogP contribution is -2.45. The standard InChI is InChI=1S/C22H29NO5/c1-7-22(23(2)3,17-11-9-8-10-12-17)15-28-21(24)16-13-18(25-4)20(27-6)19(14-16)26-5/h8-14H,7,15H2,1-6H3/i6D3. The third-order valence-electron chi connectivity index (χ3n) is 4.99. The van der Waals surface area contributed by atoms with E-state index in [1.807, 2.05) is 56.3 Å². The Labute approximate surface area is 171 Å². The van der Waals surface area contributed by atoms with Crippen LogP contribution in [-0.4, -0.2) is 52.8 Å².